The molecule has 32 heavy (non-hydrogen) atoms. The van der Waals surface area contributed by atoms with Crippen molar-refractivity contribution in [3.63, 3.8) is 0 Å². The largest absolute Gasteiger partial charge is 0.349 e. The van der Waals surface area contributed by atoms with Crippen LogP contribution in [0.2, 0.25) is 0 Å². The zero-order chi connectivity index (χ0) is 22.1. The molecule has 0 spiro atoms. The van der Waals surface area contributed by atoms with E-state index < -0.39 is 0 Å². The van der Waals surface area contributed by atoms with Crippen LogP contribution in [-0.2, 0) is 11.8 Å². The van der Waals surface area contributed by atoms with Crippen LogP contribution in [0, 0.1) is 0 Å². The Morgan fingerprint density at radius 2 is 2.00 bits per heavy atom. The van der Waals surface area contributed by atoms with Crippen molar-refractivity contribution in [3.05, 3.63) is 42.0 Å². The summed E-state index contributed by atoms with van der Waals surface area (Å²) in [5, 5.41) is 14.7. The van der Waals surface area contributed by atoms with Crippen molar-refractivity contribution in [2.75, 3.05) is 18.4 Å². The number of aryl methyl sites for hydroxylation is 1. The first-order valence-corrected chi connectivity index (χ1v) is 11.3. The second-order valence-electron chi connectivity index (χ2n) is 8.67. The van der Waals surface area contributed by atoms with E-state index in [2.05, 4.69) is 30.7 Å². The molecule has 1 saturated carbocycles. The third-order valence-corrected chi connectivity index (χ3v) is 6.40. The molecule has 3 aromatic heterocycles. The number of likely N-dealkylation sites (tertiary alicyclic amines) is 1. The Morgan fingerprint density at radius 3 is 2.78 bits per heavy atom. The van der Waals surface area contributed by atoms with E-state index in [1.165, 1.54) is 0 Å². The van der Waals surface area contributed by atoms with Gasteiger partial charge in [-0.05, 0) is 38.3 Å². The van der Waals surface area contributed by atoms with Crippen LogP contribution in [0.3, 0.4) is 0 Å². The lowest BCUT2D eigenvalue weighted by molar-refractivity contribution is -0.117. The fourth-order valence-electron chi connectivity index (χ4n) is 4.85. The third-order valence-electron chi connectivity index (χ3n) is 6.40. The molecule has 0 aromatic carbocycles. The molecular formula is C22H28N8O2. The van der Waals surface area contributed by atoms with Crippen LogP contribution in [-0.4, -0.2) is 60.2 Å². The topological polar surface area (TPSA) is 109 Å². The summed E-state index contributed by atoms with van der Waals surface area (Å²) in [6, 6.07) is 3.97. The van der Waals surface area contributed by atoms with Crippen molar-refractivity contribution in [2.45, 2.75) is 50.6 Å². The van der Waals surface area contributed by atoms with Gasteiger partial charge in [0.1, 0.15) is 5.56 Å². The summed E-state index contributed by atoms with van der Waals surface area (Å²) >= 11 is 0. The van der Waals surface area contributed by atoms with Gasteiger partial charge in [0.2, 0.25) is 5.91 Å². The summed E-state index contributed by atoms with van der Waals surface area (Å²) in [6.45, 7) is 1.09. The van der Waals surface area contributed by atoms with E-state index in [1.54, 1.807) is 33.9 Å². The zero-order valence-corrected chi connectivity index (χ0v) is 18.2. The smallest absolute Gasteiger partial charge is 0.256 e. The highest BCUT2D eigenvalue weighted by Crippen LogP contribution is 2.32. The molecule has 0 radical (unpaired) electrons. The van der Waals surface area contributed by atoms with Crippen molar-refractivity contribution in [1.29, 1.82) is 0 Å². The molecule has 2 aliphatic rings. The number of carbonyl (C=O) groups is 2. The molecule has 5 rings (SSSR count). The van der Waals surface area contributed by atoms with Crippen LogP contribution in [0.15, 0.2) is 30.7 Å². The summed E-state index contributed by atoms with van der Waals surface area (Å²) in [6.07, 6.45) is 11.4. The zero-order valence-electron chi connectivity index (χ0n) is 18.2. The fraction of sp³-hybridized carbons (Fsp3) is 0.500. The molecule has 4 heterocycles. The summed E-state index contributed by atoms with van der Waals surface area (Å²) in [5.41, 5.74) is 2.00. The summed E-state index contributed by atoms with van der Waals surface area (Å²) < 4.78 is 3.41. The number of hydrogen-bond acceptors (Lipinski definition) is 6. The maximum Gasteiger partial charge on any atom is 0.256 e. The van der Waals surface area contributed by atoms with Gasteiger partial charge in [0.15, 0.2) is 11.5 Å². The SMILES string of the molecule is Cn1ccc(NC(=O)CN2CCCC2c2ccnc3c(C(=O)NC4CCCC4)cnn23)n1. The van der Waals surface area contributed by atoms with E-state index in [-0.39, 0.29) is 30.4 Å². The van der Waals surface area contributed by atoms with Crippen molar-refractivity contribution < 1.29 is 9.59 Å². The van der Waals surface area contributed by atoms with Crippen molar-refractivity contribution in [3.8, 4) is 0 Å². The molecule has 1 saturated heterocycles. The molecule has 1 aliphatic heterocycles. The van der Waals surface area contributed by atoms with Gasteiger partial charge in [-0.15, -0.1) is 0 Å². The van der Waals surface area contributed by atoms with Crippen molar-refractivity contribution >= 4 is 23.3 Å². The first-order valence-electron chi connectivity index (χ1n) is 11.3. The molecule has 168 valence electrons. The van der Waals surface area contributed by atoms with Gasteiger partial charge in [0, 0.05) is 31.5 Å². The van der Waals surface area contributed by atoms with Gasteiger partial charge in [-0.25, -0.2) is 9.50 Å². The number of nitrogens with one attached hydrogen (secondary N) is 2. The number of amides is 2. The fourth-order valence-corrected chi connectivity index (χ4v) is 4.85. The van der Waals surface area contributed by atoms with Gasteiger partial charge in [-0.1, -0.05) is 12.8 Å². The van der Waals surface area contributed by atoms with Gasteiger partial charge in [0.25, 0.3) is 5.91 Å². The van der Waals surface area contributed by atoms with E-state index in [0.717, 1.165) is 50.8 Å². The molecule has 10 heteroatoms. The molecule has 1 aliphatic carbocycles. The van der Waals surface area contributed by atoms with Crippen molar-refractivity contribution in [1.82, 2.24) is 34.6 Å². The number of fused-ring (bicyclic) bond motifs is 1. The maximum absolute atomic E-state index is 12.8. The second-order valence-corrected chi connectivity index (χ2v) is 8.67. The lowest BCUT2D eigenvalue weighted by Gasteiger charge is -2.24. The number of carbonyl (C=O) groups excluding carboxylic acids is 2. The van der Waals surface area contributed by atoms with Gasteiger partial charge in [-0.2, -0.15) is 10.2 Å². The molecule has 10 nitrogen and oxygen atoms in total. The minimum Gasteiger partial charge on any atom is -0.349 e. The Morgan fingerprint density at radius 1 is 1.16 bits per heavy atom. The van der Waals surface area contributed by atoms with Gasteiger partial charge in [0.05, 0.1) is 24.5 Å². The minimum absolute atomic E-state index is 0.0284. The molecular weight excluding hydrogens is 408 g/mol. The number of hydrogen-bond donors (Lipinski definition) is 2. The quantitative estimate of drug-likeness (QED) is 0.611. The van der Waals surface area contributed by atoms with Crippen LogP contribution in [0.25, 0.3) is 5.65 Å². The predicted octanol–water partition coefficient (Wildman–Crippen LogP) is 1.91. The minimum atomic E-state index is -0.116. The van der Waals surface area contributed by atoms with E-state index in [4.69, 9.17) is 0 Å². The van der Waals surface area contributed by atoms with Crippen LogP contribution in [0.1, 0.15) is 60.6 Å². The Balaban J connectivity index is 1.33. The molecule has 1 atom stereocenters. The highest BCUT2D eigenvalue weighted by atomic mass is 16.2. The Bertz CT molecular complexity index is 1130. The maximum atomic E-state index is 12.8. The number of anilines is 1. The van der Waals surface area contributed by atoms with E-state index in [1.807, 2.05) is 13.1 Å². The highest BCUT2D eigenvalue weighted by molar-refractivity contribution is 5.99. The molecule has 0 bridgehead atoms. The van der Waals surface area contributed by atoms with Crippen LogP contribution >= 0.6 is 0 Å². The summed E-state index contributed by atoms with van der Waals surface area (Å²) in [7, 11) is 1.81. The van der Waals surface area contributed by atoms with Gasteiger partial charge < -0.3 is 10.6 Å². The number of rotatable bonds is 6. The molecule has 2 amide bonds. The first kappa shape index (κ1) is 20.6. The first-order chi connectivity index (χ1) is 15.6. The van der Waals surface area contributed by atoms with Crippen LogP contribution < -0.4 is 10.6 Å². The average molecular weight is 437 g/mol. The van der Waals surface area contributed by atoms with E-state index >= 15 is 0 Å². The summed E-state index contributed by atoms with van der Waals surface area (Å²) in [5.74, 6) is 0.331. The highest BCUT2D eigenvalue weighted by Gasteiger charge is 2.31. The predicted molar refractivity (Wildman–Crippen MR) is 118 cm³/mol. The third kappa shape index (κ3) is 4.10. The Hall–Kier alpha value is -3.27. The normalized spacial score (nSPS) is 19.6. The Labute approximate surface area is 186 Å². The molecule has 2 N–H and O–H groups in total. The lowest BCUT2D eigenvalue weighted by atomic mass is 10.1. The second kappa shape index (κ2) is 8.70. The number of aromatic nitrogens is 5. The van der Waals surface area contributed by atoms with Crippen molar-refractivity contribution in [2.24, 2.45) is 7.05 Å². The Kier molecular flexibility index (Phi) is 5.60. The number of nitrogens with zero attached hydrogens (tertiary/aromatic N) is 6. The molecule has 3 aromatic rings. The van der Waals surface area contributed by atoms with Crippen LogP contribution in [0.4, 0.5) is 5.82 Å². The molecule has 1 unspecified atom stereocenters. The average Bonchev–Trinajstić information content (AvgIpc) is 3.55. The van der Waals surface area contributed by atoms with Gasteiger partial charge >= 0.3 is 0 Å². The van der Waals surface area contributed by atoms with E-state index in [9.17, 15) is 9.59 Å². The van der Waals surface area contributed by atoms with E-state index in [0.29, 0.717) is 17.0 Å². The van der Waals surface area contributed by atoms with Gasteiger partial charge in [-0.3, -0.25) is 19.2 Å². The molecule has 2 fully saturated rings. The lowest BCUT2D eigenvalue weighted by Crippen LogP contribution is -2.34. The van der Waals surface area contributed by atoms with Crippen LogP contribution in [0.5, 0.6) is 0 Å². The summed E-state index contributed by atoms with van der Waals surface area (Å²) in [4.78, 5) is 32.0. The standard InChI is InChI=1S/C22H28N8O2/c1-28-12-9-19(27-28)26-20(31)14-29-11-4-7-17(29)18-8-10-23-21-16(13-24-30(18)21)22(32)25-15-5-2-3-6-15/h8-10,12-13,15,17H,2-7,11,14H2,1H3,(H,25,32)(H,26,27,31). The monoisotopic (exact) mass is 436 g/mol.